The first-order valence-electron chi connectivity index (χ1n) is 6.26. The predicted molar refractivity (Wildman–Crippen MR) is 82.9 cm³/mol. The second-order valence-corrected chi connectivity index (χ2v) is 6.04. The van der Waals surface area contributed by atoms with E-state index in [1.807, 2.05) is 12.1 Å². The lowest BCUT2D eigenvalue weighted by molar-refractivity contribution is 0.585. The van der Waals surface area contributed by atoms with Crippen molar-refractivity contribution in [3.63, 3.8) is 0 Å². The molecule has 0 radical (unpaired) electrons. The Hall–Kier alpha value is -1.29. The largest absolute Gasteiger partial charge is 0.361 e. The van der Waals surface area contributed by atoms with E-state index in [1.54, 1.807) is 11.3 Å². The monoisotopic (exact) mass is 290 g/mol. The molecule has 2 nitrogen and oxygen atoms in total. The van der Waals surface area contributed by atoms with Crippen molar-refractivity contribution in [2.24, 2.45) is 0 Å². The molecule has 0 unspecified atom stereocenters. The molecule has 0 fully saturated rings. The lowest BCUT2D eigenvalue weighted by Gasteiger charge is -2.11. The molecule has 0 saturated heterocycles. The number of H-pyrrole nitrogens is 1. The van der Waals surface area contributed by atoms with E-state index in [0.29, 0.717) is 6.04 Å². The maximum atomic E-state index is 5.99. The van der Waals surface area contributed by atoms with Crippen molar-refractivity contribution >= 4 is 33.8 Å². The van der Waals surface area contributed by atoms with Crippen LogP contribution >= 0.6 is 22.9 Å². The minimum absolute atomic E-state index is 0.372. The maximum absolute atomic E-state index is 5.99. The summed E-state index contributed by atoms with van der Waals surface area (Å²) in [4.78, 5) is 4.63. The van der Waals surface area contributed by atoms with Gasteiger partial charge in [-0.1, -0.05) is 23.7 Å². The smallest absolute Gasteiger partial charge is 0.0472 e. The number of fused-ring (bicyclic) bond motifs is 1. The van der Waals surface area contributed by atoms with E-state index >= 15 is 0 Å². The molecule has 3 rings (SSSR count). The Kier molecular flexibility index (Phi) is 3.60. The van der Waals surface area contributed by atoms with E-state index in [-0.39, 0.29) is 0 Å². The highest BCUT2D eigenvalue weighted by Gasteiger charge is 2.08. The zero-order valence-corrected chi connectivity index (χ0v) is 12.2. The number of aromatic nitrogens is 1. The number of thiophene rings is 1. The van der Waals surface area contributed by atoms with E-state index in [2.05, 4.69) is 47.0 Å². The van der Waals surface area contributed by atoms with Gasteiger partial charge in [0.15, 0.2) is 0 Å². The summed E-state index contributed by atoms with van der Waals surface area (Å²) < 4.78 is 0. The van der Waals surface area contributed by atoms with Crippen molar-refractivity contribution in [1.82, 2.24) is 10.3 Å². The Balaban J connectivity index is 1.75. The normalized spacial score (nSPS) is 12.9. The van der Waals surface area contributed by atoms with Crippen LogP contribution in [-0.4, -0.2) is 4.98 Å². The molecule has 0 bridgehead atoms. The highest BCUT2D eigenvalue weighted by molar-refractivity contribution is 7.10. The van der Waals surface area contributed by atoms with Crippen LogP contribution in [-0.2, 0) is 6.54 Å². The van der Waals surface area contributed by atoms with E-state index in [0.717, 1.165) is 17.1 Å². The van der Waals surface area contributed by atoms with Crippen LogP contribution in [0.15, 0.2) is 41.9 Å². The summed E-state index contributed by atoms with van der Waals surface area (Å²) in [6.45, 7) is 3.04. The van der Waals surface area contributed by atoms with Gasteiger partial charge in [-0.05, 0) is 36.1 Å². The van der Waals surface area contributed by atoms with E-state index < -0.39 is 0 Å². The van der Waals surface area contributed by atoms with Crippen molar-refractivity contribution in [3.05, 3.63) is 57.4 Å². The second kappa shape index (κ2) is 5.37. The summed E-state index contributed by atoms with van der Waals surface area (Å²) in [6.07, 6.45) is 2.05. The zero-order valence-electron chi connectivity index (χ0n) is 10.6. The minimum Gasteiger partial charge on any atom is -0.361 e. The first-order valence-corrected chi connectivity index (χ1v) is 7.52. The maximum Gasteiger partial charge on any atom is 0.0472 e. The standard InChI is InChI=1S/C15H15ClN2S/c1-10(15-3-2-6-19-15)17-8-11-9-18-14-7-12(16)4-5-13(11)14/h2-7,9-10,17-18H,8H2,1H3/t10-/m0/s1. The molecular weight excluding hydrogens is 276 g/mol. The molecule has 0 amide bonds. The molecule has 0 saturated carbocycles. The van der Waals surface area contributed by atoms with Crippen LogP contribution in [0.1, 0.15) is 23.4 Å². The Morgan fingerprint density at radius 2 is 2.26 bits per heavy atom. The third kappa shape index (κ3) is 2.68. The van der Waals surface area contributed by atoms with Crippen LogP contribution in [0.25, 0.3) is 10.9 Å². The minimum atomic E-state index is 0.372. The molecule has 1 aromatic carbocycles. The van der Waals surface area contributed by atoms with Crippen LogP contribution in [0.3, 0.4) is 0 Å². The number of halogens is 1. The van der Waals surface area contributed by atoms with Gasteiger partial charge in [0.05, 0.1) is 0 Å². The Bertz CT molecular complexity index is 673. The molecule has 0 aliphatic carbocycles. The quantitative estimate of drug-likeness (QED) is 0.714. The van der Waals surface area contributed by atoms with E-state index in [4.69, 9.17) is 11.6 Å². The molecule has 4 heteroatoms. The summed E-state index contributed by atoms with van der Waals surface area (Å²) in [6, 6.07) is 10.6. The van der Waals surface area contributed by atoms with Gasteiger partial charge in [-0.3, -0.25) is 0 Å². The van der Waals surface area contributed by atoms with Gasteiger partial charge in [-0.2, -0.15) is 0 Å². The lowest BCUT2D eigenvalue weighted by atomic mass is 10.1. The highest BCUT2D eigenvalue weighted by Crippen LogP contribution is 2.23. The van der Waals surface area contributed by atoms with Crippen LogP contribution in [0.2, 0.25) is 5.02 Å². The first-order chi connectivity index (χ1) is 9.24. The molecule has 2 N–H and O–H groups in total. The molecule has 0 aliphatic heterocycles. The Morgan fingerprint density at radius 1 is 1.37 bits per heavy atom. The number of hydrogen-bond donors (Lipinski definition) is 2. The average Bonchev–Trinajstić information content (AvgIpc) is 3.05. The molecule has 2 aromatic heterocycles. The molecule has 3 aromatic rings. The SMILES string of the molecule is C[C@H](NCc1c[nH]c2cc(Cl)ccc12)c1cccs1. The molecule has 0 spiro atoms. The van der Waals surface area contributed by atoms with Gasteiger partial charge >= 0.3 is 0 Å². The topological polar surface area (TPSA) is 27.8 Å². The average molecular weight is 291 g/mol. The molecule has 19 heavy (non-hydrogen) atoms. The van der Waals surface area contributed by atoms with Crippen molar-refractivity contribution in [2.45, 2.75) is 19.5 Å². The highest BCUT2D eigenvalue weighted by atomic mass is 35.5. The van der Waals surface area contributed by atoms with Crippen molar-refractivity contribution in [2.75, 3.05) is 0 Å². The van der Waals surface area contributed by atoms with Crippen LogP contribution < -0.4 is 5.32 Å². The summed E-state index contributed by atoms with van der Waals surface area (Å²) in [5, 5.41) is 7.66. The number of benzene rings is 1. The summed E-state index contributed by atoms with van der Waals surface area (Å²) in [5.74, 6) is 0. The Morgan fingerprint density at radius 3 is 3.05 bits per heavy atom. The summed E-state index contributed by atoms with van der Waals surface area (Å²) in [7, 11) is 0. The van der Waals surface area contributed by atoms with Crippen molar-refractivity contribution in [1.29, 1.82) is 0 Å². The van der Waals surface area contributed by atoms with Gasteiger partial charge in [-0.15, -0.1) is 11.3 Å². The fraction of sp³-hybridized carbons (Fsp3) is 0.200. The summed E-state index contributed by atoms with van der Waals surface area (Å²) in [5.41, 5.74) is 2.36. The third-order valence-electron chi connectivity index (χ3n) is 3.30. The summed E-state index contributed by atoms with van der Waals surface area (Å²) >= 11 is 7.77. The molecule has 2 heterocycles. The molecule has 0 aliphatic rings. The number of aromatic amines is 1. The fourth-order valence-electron chi connectivity index (χ4n) is 2.21. The van der Waals surface area contributed by atoms with Gasteiger partial charge in [-0.25, -0.2) is 0 Å². The van der Waals surface area contributed by atoms with Crippen LogP contribution in [0.4, 0.5) is 0 Å². The van der Waals surface area contributed by atoms with Gasteiger partial charge in [0.1, 0.15) is 0 Å². The van der Waals surface area contributed by atoms with E-state index in [1.165, 1.54) is 15.8 Å². The molecular formula is C15H15ClN2S. The third-order valence-corrected chi connectivity index (χ3v) is 4.59. The first kappa shape index (κ1) is 12.7. The second-order valence-electron chi connectivity index (χ2n) is 4.62. The van der Waals surface area contributed by atoms with Crippen molar-refractivity contribution < 1.29 is 0 Å². The van der Waals surface area contributed by atoms with Gasteiger partial charge in [0, 0.05) is 39.6 Å². The number of nitrogens with one attached hydrogen (secondary N) is 2. The van der Waals surface area contributed by atoms with Crippen molar-refractivity contribution in [3.8, 4) is 0 Å². The number of rotatable bonds is 4. The molecule has 98 valence electrons. The predicted octanol–water partition coefficient (Wildman–Crippen LogP) is 4.73. The Labute approximate surface area is 121 Å². The lowest BCUT2D eigenvalue weighted by Crippen LogP contribution is -2.16. The van der Waals surface area contributed by atoms with Crippen LogP contribution in [0.5, 0.6) is 0 Å². The van der Waals surface area contributed by atoms with E-state index in [9.17, 15) is 0 Å². The number of hydrogen-bond acceptors (Lipinski definition) is 2. The molecule has 1 atom stereocenters. The fourth-order valence-corrected chi connectivity index (χ4v) is 3.14. The zero-order chi connectivity index (χ0) is 13.2. The van der Waals surface area contributed by atoms with Gasteiger partial charge in [0.2, 0.25) is 0 Å². The van der Waals surface area contributed by atoms with Gasteiger partial charge < -0.3 is 10.3 Å². The van der Waals surface area contributed by atoms with Crippen LogP contribution in [0, 0.1) is 0 Å². The van der Waals surface area contributed by atoms with Gasteiger partial charge in [0.25, 0.3) is 0 Å².